The predicted molar refractivity (Wildman–Crippen MR) is 92.3 cm³/mol. The van der Waals surface area contributed by atoms with E-state index in [1.807, 2.05) is 29.1 Å². The molecule has 0 radical (unpaired) electrons. The molecule has 0 saturated heterocycles. The van der Waals surface area contributed by atoms with Crippen LogP contribution >= 0.6 is 22.9 Å². The summed E-state index contributed by atoms with van der Waals surface area (Å²) in [5.74, 6) is 1.77. The van der Waals surface area contributed by atoms with Crippen LogP contribution in [0.3, 0.4) is 0 Å². The van der Waals surface area contributed by atoms with Gasteiger partial charge in [0.2, 0.25) is 0 Å². The zero-order valence-corrected chi connectivity index (χ0v) is 14.5. The van der Waals surface area contributed by atoms with Crippen LogP contribution in [0, 0.1) is 6.92 Å². The summed E-state index contributed by atoms with van der Waals surface area (Å²) in [7, 11) is 0. The summed E-state index contributed by atoms with van der Waals surface area (Å²) >= 11 is 2.99. The van der Waals surface area contributed by atoms with Gasteiger partial charge in [0.25, 0.3) is 0 Å². The number of benzene rings is 1. The number of hydrogen-bond acceptors (Lipinski definition) is 7. The van der Waals surface area contributed by atoms with Crippen molar-refractivity contribution in [2.45, 2.75) is 26.7 Å². The minimum absolute atomic E-state index is 0.246. The Morgan fingerprint density at radius 2 is 2.04 bits per heavy atom. The first kappa shape index (κ1) is 14.4. The van der Waals surface area contributed by atoms with Crippen molar-refractivity contribution in [3.63, 3.8) is 0 Å². The third kappa shape index (κ3) is 2.53. The fourth-order valence-corrected chi connectivity index (χ4v) is 3.64. The standard InChI is InChI=1S/C15H14N6S2/c1-8(2)14-17-15(12-7-22-20-18-12)21(19-14)10-4-5-11-13(6-10)23-9(3)16-11/h4-8H,1-3H3. The molecular formula is C15H14N6S2. The number of rotatable bonds is 3. The van der Waals surface area contributed by atoms with Crippen molar-refractivity contribution in [3.8, 4) is 17.2 Å². The molecule has 1 aromatic carbocycles. The third-order valence-electron chi connectivity index (χ3n) is 3.45. The maximum Gasteiger partial charge on any atom is 0.184 e. The van der Waals surface area contributed by atoms with Crippen LogP contribution in [0.15, 0.2) is 23.6 Å². The Hall–Kier alpha value is -2.19. The second-order valence-electron chi connectivity index (χ2n) is 5.54. The van der Waals surface area contributed by atoms with Crippen molar-refractivity contribution >= 4 is 33.1 Å². The molecule has 0 amide bonds. The molecule has 0 bridgehead atoms. The number of aromatic nitrogens is 6. The van der Waals surface area contributed by atoms with Crippen molar-refractivity contribution in [3.05, 3.63) is 34.4 Å². The summed E-state index contributed by atoms with van der Waals surface area (Å²) in [5.41, 5.74) is 2.72. The van der Waals surface area contributed by atoms with E-state index in [0.29, 0.717) is 0 Å². The van der Waals surface area contributed by atoms with Crippen molar-refractivity contribution in [1.82, 2.24) is 29.3 Å². The van der Waals surface area contributed by atoms with Gasteiger partial charge in [0.15, 0.2) is 11.6 Å². The molecule has 4 aromatic rings. The molecule has 6 nitrogen and oxygen atoms in total. The Balaban J connectivity index is 1.91. The second kappa shape index (κ2) is 5.47. The Bertz CT molecular complexity index is 967. The molecule has 8 heteroatoms. The fraction of sp³-hybridized carbons (Fsp3) is 0.267. The highest BCUT2D eigenvalue weighted by Crippen LogP contribution is 2.27. The maximum absolute atomic E-state index is 4.68. The van der Waals surface area contributed by atoms with Gasteiger partial charge in [-0.25, -0.2) is 14.6 Å². The molecular weight excluding hydrogens is 328 g/mol. The van der Waals surface area contributed by atoms with Gasteiger partial charge in [-0.3, -0.25) is 0 Å². The Morgan fingerprint density at radius 3 is 2.78 bits per heavy atom. The van der Waals surface area contributed by atoms with E-state index >= 15 is 0 Å². The molecule has 0 spiro atoms. The summed E-state index contributed by atoms with van der Waals surface area (Å²) in [6.07, 6.45) is 0. The highest BCUT2D eigenvalue weighted by molar-refractivity contribution is 7.18. The van der Waals surface area contributed by atoms with E-state index in [-0.39, 0.29) is 5.92 Å². The van der Waals surface area contributed by atoms with Gasteiger partial charge < -0.3 is 0 Å². The van der Waals surface area contributed by atoms with Crippen molar-refractivity contribution in [2.75, 3.05) is 0 Å². The van der Waals surface area contributed by atoms with Gasteiger partial charge in [0.05, 0.1) is 20.9 Å². The molecule has 0 aliphatic carbocycles. The van der Waals surface area contributed by atoms with E-state index < -0.39 is 0 Å². The van der Waals surface area contributed by atoms with E-state index in [9.17, 15) is 0 Å². The summed E-state index contributed by atoms with van der Waals surface area (Å²) < 4.78 is 6.93. The molecule has 3 heterocycles. The zero-order valence-electron chi connectivity index (χ0n) is 12.9. The molecule has 4 rings (SSSR count). The molecule has 116 valence electrons. The number of nitrogens with zero attached hydrogens (tertiary/aromatic N) is 6. The maximum atomic E-state index is 4.68. The molecule has 0 N–H and O–H groups in total. The third-order valence-corrected chi connectivity index (χ3v) is 4.89. The molecule has 0 fully saturated rings. The lowest BCUT2D eigenvalue weighted by Gasteiger charge is -2.03. The largest absolute Gasteiger partial charge is 0.242 e. The number of hydrogen-bond donors (Lipinski definition) is 0. The van der Waals surface area contributed by atoms with Crippen molar-refractivity contribution in [2.24, 2.45) is 0 Å². The van der Waals surface area contributed by atoms with E-state index in [2.05, 4.69) is 44.6 Å². The van der Waals surface area contributed by atoms with E-state index in [0.717, 1.165) is 38.3 Å². The highest BCUT2D eigenvalue weighted by Gasteiger charge is 2.18. The monoisotopic (exact) mass is 342 g/mol. The van der Waals surface area contributed by atoms with Crippen LogP contribution < -0.4 is 0 Å². The van der Waals surface area contributed by atoms with Crippen LogP contribution in [0.25, 0.3) is 27.4 Å². The normalized spacial score (nSPS) is 11.7. The van der Waals surface area contributed by atoms with Crippen LogP contribution in [0.2, 0.25) is 0 Å². The van der Waals surface area contributed by atoms with Gasteiger partial charge in [-0.1, -0.05) is 18.3 Å². The van der Waals surface area contributed by atoms with Crippen LogP contribution in [0.5, 0.6) is 0 Å². The zero-order chi connectivity index (χ0) is 16.0. The first-order chi connectivity index (χ1) is 11.1. The van der Waals surface area contributed by atoms with Crippen LogP contribution in [0.4, 0.5) is 0 Å². The molecule has 0 atom stereocenters. The fourth-order valence-electron chi connectivity index (χ4n) is 2.34. The van der Waals surface area contributed by atoms with Gasteiger partial charge in [-0.05, 0) is 36.7 Å². The van der Waals surface area contributed by atoms with Crippen LogP contribution in [0.1, 0.15) is 30.6 Å². The van der Waals surface area contributed by atoms with E-state index in [4.69, 9.17) is 0 Å². The minimum atomic E-state index is 0.246. The number of aryl methyl sites for hydroxylation is 1. The molecule has 0 aliphatic rings. The van der Waals surface area contributed by atoms with Crippen molar-refractivity contribution in [1.29, 1.82) is 0 Å². The predicted octanol–water partition coefficient (Wildman–Crippen LogP) is 3.83. The smallest absolute Gasteiger partial charge is 0.184 e. The average Bonchev–Trinajstić information content (AvgIpc) is 3.24. The first-order valence-corrected chi connectivity index (χ1v) is 8.89. The Kier molecular flexibility index (Phi) is 3.42. The van der Waals surface area contributed by atoms with Gasteiger partial charge >= 0.3 is 0 Å². The second-order valence-corrected chi connectivity index (χ2v) is 7.38. The summed E-state index contributed by atoms with van der Waals surface area (Å²) in [4.78, 5) is 9.16. The molecule has 23 heavy (non-hydrogen) atoms. The van der Waals surface area contributed by atoms with Gasteiger partial charge in [-0.2, -0.15) is 5.10 Å². The van der Waals surface area contributed by atoms with Gasteiger partial charge in [-0.15, -0.1) is 16.4 Å². The summed E-state index contributed by atoms with van der Waals surface area (Å²) in [6, 6.07) is 6.14. The van der Waals surface area contributed by atoms with Crippen molar-refractivity contribution < 1.29 is 0 Å². The lowest BCUT2D eigenvalue weighted by molar-refractivity contribution is 0.754. The number of thiazole rings is 1. The summed E-state index contributed by atoms with van der Waals surface area (Å²) in [6.45, 7) is 6.18. The molecule has 0 unspecified atom stereocenters. The highest BCUT2D eigenvalue weighted by atomic mass is 32.1. The summed E-state index contributed by atoms with van der Waals surface area (Å²) in [5, 5.41) is 11.8. The van der Waals surface area contributed by atoms with Gasteiger partial charge in [0.1, 0.15) is 5.69 Å². The van der Waals surface area contributed by atoms with Crippen LogP contribution in [-0.2, 0) is 0 Å². The Morgan fingerprint density at radius 1 is 1.17 bits per heavy atom. The topological polar surface area (TPSA) is 69.4 Å². The van der Waals surface area contributed by atoms with Gasteiger partial charge in [0, 0.05) is 11.3 Å². The number of fused-ring (bicyclic) bond motifs is 1. The molecule has 0 saturated carbocycles. The first-order valence-electron chi connectivity index (χ1n) is 7.24. The average molecular weight is 342 g/mol. The van der Waals surface area contributed by atoms with E-state index in [1.54, 1.807) is 11.3 Å². The molecule has 3 aromatic heterocycles. The Labute approximate surface area is 141 Å². The quantitative estimate of drug-likeness (QED) is 0.566. The van der Waals surface area contributed by atoms with Crippen LogP contribution in [-0.4, -0.2) is 29.3 Å². The lowest BCUT2D eigenvalue weighted by atomic mass is 10.2. The van der Waals surface area contributed by atoms with E-state index in [1.165, 1.54) is 11.5 Å². The SMILES string of the molecule is Cc1nc2ccc(-n3nc(C(C)C)nc3-c3csnn3)cc2s1. The lowest BCUT2D eigenvalue weighted by Crippen LogP contribution is -2.00. The minimum Gasteiger partial charge on any atom is -0.242 e. The molecule has 0 aliphatic heterocycles.